The molecular weight excluding hydrogens is 524 g/mol. The molecule has 2 aromatic carbocycles. The Morgan fingerprint density at radius 1 is 1.15 bits per heavy atom. The molecule has 0 saturated heterocycles. The summed E-state index contributed by atoms with van der Waals surface area (Å²) < 4.78 is 7.80. The summed E-state index contributed by atoms with van der Waals surface area (Å²) in [6.45, 7) is 7.45. The molecule has 5 nitrogen and oxygen atoms in total. The number of benzene rings is 2. The minimum Gasteiger partial charge on any atom is -0.479 e. The van der Waals surface area contributed by atoms with Gasteiger partial charge in [0.1, 0.15) is 5.01 Å². The van der Waals surface area contributed by atoms with Crippen LogP contribution in [-0.4, -0.2) is 26.6 Å². The van der Waals surface area contributed by atoms with Crippen molar-refractivity contribution in [2.75, 3.05) is 0 Å². The average molecular weight is 546 g/mol. The molecule has 0 unspecified atom stereocenters. The second kappa shape index (κ2) is 9.14. The highest BCUT2D eigenvalue weighted by Gasteiger charge is 2.32. The Labute approximate surface area is 209 Å². The van der Waals surface area contributed by atoms with Crippen LogP contribution < -0.4 is 0 Å². The number of nitrogens with zero attached hydrogens (tertiary/aromatic N) is 2. The number of ether oxygens (including phenoxy) is 1. The Morgan fingerprint density at radius 2 is 1.85 bits per heavy atom. The van der Waals surface area contributed by atoms with Gasteiger partial charge >= 0.3 is 5.97 Å². The summed E-state index contributed by atoms with van der Waals surface area (Å²) in [5.41, 5.74) is 4.10. The highest BCUT2D eigenvalue weighted by Crippen LogP contribution is 2.44. The van der Waals surface area contributed by atoms with Crippen molar-refractivity contribution < 1.29 is 14.6 Å². The fourth-order valence-electron chi connectivity index (χ4n) is 3.69. The number of pyridine rings is 1. The third kappa shape index (κ3) is 5.11. The number of fused-ring (bicyclic) bond motifs is 1. The van der Waals surface area contributed by atoms with Crippen molar-refractivity contribution in [1.82, 2.24) is 9.97 Å². The van der Waals surface area contributed by atoms with Crippen LogP contribution in [0.2, 0.25) is 5.02 Å². The fraction of sp³-hybridized carbons (Fsp3) is 0.240. The molecule has 0 fully saturated rings. The number of carbonyl (C=O) groups is 1. The van der Waals surface area contributed by atoms with Crippen LogP contribution in [0.5, 0.6) is 0 Å². The first-order valence-electron chi connectivity index (χ1n) is 10.2. The lowest BCUT2D eigenvalue weighted by Crippen LogP contribution is -2.28. The fourth-order valence-corrected chi connectivity index (χ4v) is 5.29. The lowest BCUT2D eigenvalue weighted by atomic mass is 9.91. The number of carboxylic acids is 1. The maximum Gasteiger partial charge on any atom is 0.337 e. The minimum atomic E-state index is -1.14. The molecule has 33 heavy (non-hydrogen) atoms. The van der Waals surface area contributed by atoms with E-state index in [9.17, 15) is 9.90 Å². The van der Waals surface area contributed by atoms with Crippen LogP contribution >= 0.6 is 38.9 Å². The number of halogens is 2. The van der Waals surface area contributed by atoms with Gasteiger partial charge in [0.15, 0.2) is 6.10 Å². The van der Waals surface area contributed by atoms with E-state index in [1.54, 1.807) is 24.5 Å². The standard InChI is InChI=1S/C25H22BrClN2O3S/c1-13-9-18-22(33-23(29-18)15-10-16(26)12-28-11-15)20(14-5-7-17(27)8-6-14)19(13)21(24(30)31)32-25(2,3)4/h5-12,21H,1-4H3,(H,30,31)/t21-/m0/s1. The number of hydrogen-bond acceptors (Lipinski definition) is 5. The lowest BCUT2D eigenvalue weighted by molar-refractivity contribution is -0.160. The van der Waals surface area contributed by atoms with Gasteiger partial charge in [-0.2, -0.15) is 0 Å². The molecule has 0 bridgehead atoms. The van der Waals surface area contributed by atoms with Crippen molar-refractivity contribution in [2.45, 2.75) is 39.4 Å². The van der Waals surface area contributed by atoms with Crippen LogP contribution in [-0.2, 0) is 9.53 Å². The van der Waals surface area contributed by atoms with E-state index in [0.29, 0.717) is 10.6 Å². The molecule has 0 aliphatic heterocycles. The zero-order valence-corrected chi connectivity index (χ0v) is 21.7. The van der Waals surface area contributed by atoms with Gasteiger partial charge in [0.2, 0.25) is 0 Å². The molecule has 1 atom stereocenters. The van der Waals surface area contributed by atoms with Gasteiger partial charge < -0.3 is 9.84 Å². The predicted octanol–water partition coefficient (Wildman–Crippen LogP) is 7.69. The molecule has 0 spiro atoms. The van der Waals surface area contributed by atoms with E-state index in [1.165, 1.54) is 11.3 Å². The molecule has 2 heterocycles. The number of aliphatic carboxylic acids is 1. The van der Waals surface area contributed by atoms with Gasteiger partial charge in [-0.05, 0) is 79.0 Å². The summed E-state index contributed by atoms with van der Waals surface area (Å²) in [5.74, 6) is -1.04. The Morgan fingerprint density at radius 3 is 2.45 bits per heavy atom. The third-order valence-electron chi connectivity index (χ3n) is 4.97. The SMILES string of the molecule is Cc1cc2nc(-c3cncc(Br)c3)sc2c(-c2ccc(Cl)cc2)c1[C@H](OC(C)(C)C)C(=O)O. The smallest absolute Gasteiger partial charge is 0.337 e. The van der Waals surface area contributed by atoms with Crippen LogP contribution in [0.15, 0.2) is 53.3 Å². The van der Waals surface area contributed by atoms with Crippen molar-refractivity contribution in [2.24, 2.45) is 0 Å². The summed E-state index contributed by atoms with van der Waals surface area (Å²) in [4.78, 5) is 21.5. The summed E-state index contributed by atoms with van der Waals surface area (Å²) in [6, 6.07) is 11.3. The van der Waals surface area contributed by atoms with Gasteiger partial charge in [0.25, 0.3) is 0 Å². The summed E-state index contributed by atoms with van der Waals surface area (Å²) in [6.07, 6.45) is 2.35. The largest absolute Gasteiger partial charge is 0.479 e. The van der Waals surface area contributed by atoms with E-state index in [-0.39, 0.29) is 0 Å². The molecule has 0 aliphatic carbocycles. The molecule has 170 valence electrons. The van der Waals surface area contributed by atoms with Gasteiger partial charge in [-0.15, -0.1) is 11.3 Å². The number of carboxylic acid groups (broad SMARTS) is 1. The van der Waals surface area contributed by atoms with Crippen LogP contribution in [0.25, 0.3) is 31.9 Å². The van der Waals surface area contributed by atoms with Crippen LogP contribution in [0.1, 0.15) is 38.0 Å². The quantitative estimate of drug-likeness (QED) is 0.278. The number of aryl methyl sites for hydroxylation is 1. The van der Waals surface area contributed by atoms with Crippen LogP contribution in [0.4, 0.5) is 0 Å². The summed E-state index contributed by atoms with van der Waals surface area (Å²) >= 11 is 11.1. The lowest BCUT2D eigenvalue weighted by Gasteiger charge is -2.28. The van der Waals surface area contributed by atoms with Gasteiger partial charge in [0, 0.05) is 38.6 Å². The molecule has 8 heteroatoms. The zero-order valence-electron chi connectivity index (χ0n) is 18.5. The number of thiazole rings is 1. The average Bonchev–Trinajstić information content (AvgIpc) is 3.15. The number of aromatic nitrogens is 2. The molecule has 4 rings (SSSR count). The Hall–Kier alpha value is -2.32. The molecule has 2 aromatic heterocycles. The Balaban J connectivity index is 2.04. The minimum absolute atomic E-state index is 0.607. The normalized spacial score (nSPS) is 12.8. The molecule has 0 radical (unpaired) electrons. The molecule has 0 amide bonds. The van der Waals surface area contributed by atoms with Crippen LogP contribution in [0, 0.1) is 6.92 Å². The summed E-state index contributed by atoms with van der Waals surface area (Å²) in [5, 5.41) is 11.6. The number of hydrogen-bond donors (Lipinski definition) is 1. The predicted molar refractivity (Wildman–Crippen MR) is 137 cm³/mol. The van der Waals surface area contributed by atoms with E-state index in [0.717, 1.165) is 42.0 Å². The van der Waals surface area contributed by atoms with Gasteiger partial charge in [-0.1, -0.05) is 23.7 Å². The third-order valence-corrected chi connectivity index (χ3v) is 6.79. The molecule has 1 N–H and O–H groups in total. The van der Waals surface area contributed by atoms with Crippen LogP contribution in [0.3, 0.4) is 0 Å². The monoisotopic (exact) mass is 544 g/mol. The van der Waals surface area contributed by atoms with Gasteiger partial charge in [-0.3, -0.25) is 4.98 Å². The van der Waals surface area contributed by atoms with E-state index in [2.05, 4.69) is 20.9 Å². The maximum absolute atomic E-state index is 12.4. The molecule has 0 aliphatic rings. The molecule has 4 aromatic rings. The van der Waals surface area contributed by atoms with Gasteiger partial charge in [0.05, 0.1) is 15.8 Å². The number of rotatable bonds is 5. The molecule has 0 saturated carbocycles. The van der Waals surface area contributed by atoms with Crippen molar-refractivity contribution in [3.63, 3.8) is 0 Å². The second-order valence-electron chi connectivity index (χ2n) is 8.70. The zero-order chi connectivity index (χ0) is 23.9. The van der Waals surface area contributed by atoms with Crippen molar-refractivity contribution in [1.29, 1.82) is 0 Å². The van der Waals surface area contributed by atoms with E-state index < -0.39 is 17.7 Å². The van der Waals surface area contributed by atoms with E-state index in [4.69, 9.17) is 21.3 Å². The first-order chi connectivity index (χ1) is 15.5. The molecular formula is C25H22BrClN2O3S. The maximum atomic E-state index is 12.4. The van der Waals surface area contributed by atoms with E-state index >= 15 is 0 Å². The highest BCUT2D eigenvalue weighted by atomic mass is 79.9. The van der Waals surface area contributed by atoms with Crippen molar-refractivity contribution in [3.05, 3.63) is 69.4 Å². The van der Waals surface area contributed by atoms with Crippen molar-refractivity contribution >= 4 is 55.1 Å². The Bertz CT molecular complexity index is 1350. The van der Waals surface area contributed by atoms with E-state index in [1.807, 2.05) is 52.0 Å². The Kier molecular flexibility index (Phi) is 6.60. The topological polar surface area (TPSA) is 72.3 Å². The van der Waals surface area contributed by atoms with Gasteiger partial charge in [-0.25, -0.2) is 9.78 Å². The highest BCUT2D eigenvalue weighted by molar-refractivity contribution is 9.10. The first-order valence-corrected chi connectivity index (χ1v) is 12.2. The first kappa shape index (κ1) is 23.8. The van der Waals surface area contributed by atoms with Crippen molar-refractivity contribution in [3.8, 4) is 21.7 Å². The summed E-state index contributed by atoms with van der Waals surface area (Å²) in [7, 11) is 0. The second-order valence-corrected chi connectivity index (χ2v) is 11.0.